The first-order chi connectivity index (χ1) is 6.90. The molecule has 1 radical (unpaired) electrons. The Hall–Kier alpha value is -1.49. The molecule has 0 aromatic carbocycles. The van der Waals surface area contributed by atoms with E-state index in [-0.39, 0.29) is 0 Å². The molecule has 0 amide bonds. The lowest BCUT2D eigenvalue weighted by Crippen LogP contribution is -1.94. The summed E-state index contributed by atoms with van der Waals surface area (Å²) in [6.45, 7) is 0. The summed E-state index contributed by atoms with van der Waals surface area (Å²) < 4.78 is 0. The van der Waals surface area contributed by atoms with Gasteiger partial charge in [0.2, 0.25) is 6.33 Å². The molecule has 0 unspecified atom stereocenters. The SMILES string of the molecule is CSc1n[c]nc(-c2ccccn2)n1. The topological polar surface area (TPSA) is 51.6 Å². The molecule has 0 atom stereocenters. The van der Waals surface area contributed by atoms with Crippen LogP contribution >= 0.6 is 11.8 Å². The van der Waals surface area contributed by atoms with Crippen LogP contribution in [0.3, 0.4) is 0 Å². The van der Waals surface area contributed by atoms with Gasteiger partial charge in [0, 0.05) is 6.20 Å². The van der Waals surface area contributed by atoms with Gasteiger partial charge in [0.15, 0.2) is 11.0 Å². The number of nitrogens with zero attached hydrogens (tertiary/aromatic N) is 4. The van der Waals surface area contributed by atoms with Gasteiger partial charge >= 0.3 is 0 Å². The van der Waals surface area contributed by atoms with E-state index in [1.807, 2.05) is 24.5 Å². The van der Waals surface area contributed by atoms with Crippen molar-refractivity contribution < 1.29 is 0 Å². The summed E-state index contributed by atoms with van der Waals surface area (Å²) in [7, 11) is 0. The molecular formula is C9H7N4S. The van der Waals surface area contributed by atoms with Crippen LogP contribution in [-0.2, 0) is 0 Å². The molecule has 0 spiro atoms. The summed E-state index contributed by atoms with van der Waals surface area (Å²) in [4.78, 5) is 16.2. The zero-order chi connectivity index (χ0) is 9.80. The van der Waals surface area contributed by atoms with Gasteiger partial charge in [0.1, 0.15) is 5.69 Å². The molecule has 0 aliphatic heterocycles. The average Bonchev–Trinajstić information content (AvgIpc) is 2.30. The van der Waals surface area contributed by atoms with Crippen LogP contribution in [0.5, 0.6) is 0 Å². The van der Waals surface area contributed by atoms with Crippen LogP contribution in [-0.4, -0.2) is 26.2 Å². The predicted octanol–water partition coefficient (Wildman–Crippen LogP) is 1.46. The van der Waals surface area contributed by atoms with Crippen molar-refractivity contribution in [2.75, 3.05) is 6.26 Å². The third-order valence-electron chi connectivity index (χ3n) is 1.58. The Labute approximate surface area is 85.9 Å². The number of pyridine rings is 1. The van der Waals surface area contributed by atoms with Gasteiger partial charge in [-0.3, -0.25) is 4.98 Å². The Morgan fingerprint density at radius 1 is 1.29 bits per heavy atom. The first-order valence-electron chi connectivity index (χ1n) is 3.97. The second-order valence-corrected chi connectivity index (χ2v) is 3.23. The standard InChI is InChI=1S/C9H7N4S/c1-14-9-12-6-11-8(13-9)7-4-2-3-5-10-7/h2-5H,1H3. The fourth-order valence-electron chi connectivity index (χ4n) is 0.957. The van der Waals surface area contributed by atoms with E-state index in [4.69, 9.17) is 0 Å². The van der Waals surface area contributed by atoms with Crippen molar-refractivity contribution in [2.45, 2.75) is 5.16 Å². The smallest absolute Gasteiger partial charge is 0.202 e. The largest absolute Gasteiger partial charge is 0.253 e. The van der Waals surface area contributed by atoms with E-state index in [0.717, 1.165) is 5.69 Å². The molecule has 2 rings (SSSR count). The van der Waals surface area contributed by atoms with Crippen LogP contribution in [0.2, 0.25) is 0 Å². The maximum atomic E-state index is 4.21. The van der Waals surface area contributed by atoms with Crippen molar-refractivity contribution in [1.82, 2.24) is 19.9 Å². The van der Waals surface area contributed by atoms with Gasteiger partial charge in [-0.2, -0.15) is 4.98 Å². The monoisotopic (exact) mass is 203 g/mol. The summed E-state index contributed by atoms with van der Waals surface area (Å²) in [6, 6.07) is 5.60. The highest BCUT2D eigenvalue weighted by atomic mass is 32.2. The number of aromatic nitrogens is 4. The first kappa shape index (κ1) is 9.08. The molecule has 5 heteroatoms. The number of hydrogen-bond acceptors (Lipinski definition) is 5. The summed E-state index contributed by atoms with van der Waals surface area (Å²) in [6.07, 6.45) is 6.17. The summed E-state index contributed by atoms with van der Waals surface area (Å²) >= 11 is 1.46. The Bertz CT molecular complexity index is 418. The van der Waals surface area contributed by atoms with E-state index >= 15 is 0 Å². The molecule has 0 fully saturated rings. The summed E-state index contributed by atoms with van der Waals surface area (Å²) in [5.74, 6) is 0.560. The molecule has 0 aliphatic rings. The van der Waals surface area contributed by atoms with Crippen LogP contribution in [0.15, 0.2) is 29.6 Å². The fraction of sp³-hybridized carbons (Fsp3) is 0.111. The zero-order valence-electron chi connectivity index (χ0n) is 7.51. The zero-order valence-corrected chi connectivity index (χ0v) is 8.32. The quantitative estimate of drug-likeness (QED) is 0.691. The maximum absolute atomic E-state index is 4.21. The van der Waals surface area contributed by atoms with E-state index in [9.17, 15) is 0 Å². The van der Waals surface area contributed by atoms with Crippen LogP contribution in [0.25, 0.3) is 11.5 Å². The normalized spacial score (nSPS) is 10.1. The van der Waals surface area contributed by atoms with Gasteiger partial charge in [0.05, 0.1) is 0 Å². The molecule has 0 saturated carbocycles. The first-order valence-corrected chi connectivity index (χ1v) is 5.20. The van der Waals surface area contributed by atoms with E-state index in [1.165, 1.54) is 11.8 Å². The summed E-state index contributed by atoms with van der Waals surface area (Å²) in [5, 5.41) is 0.653. The number of hydrogen-bond donors (Lipinski definition) is 0. The second kappa shape index (κ2) is 4.15. The van der Waals surface area contributed by atoms with Crippen molar-refractivity contribution in [3.8, 4) is 11.5 Å². The number of rotatable bonds is 2. The number of thioether (sulfide) groups is 1. The lowest BCUT2D eigenvalue weighted by molar-refractivity contribution is 0.899. The Morgan fingerprint density at radius 3 is 2.93 bits per heavy atom. The van der Waals surface area contributed by atoms with Gasteiger partial charge in [-0.05, 0) is 18.4 Å². The molecule has 2 aromatic heterocycles. The molecule has 0 N–H and O–H groups in total. The third-order valence-corrected chi connectivity index (χ3v) is 2.13. The Morgan fingerprint density at radius 2 is 2.21 bits per heavy atom. The molecule has 2 aromatic rings. The molecule has 2 heterocycles. The molecule has 4 nitrogen and oxygen atoms in total. The fourth-order valence-corrected chi connectivity index (χ4v) is 1.27. The van der Waals surface area contributed by atoms with Gasteiger partial charge in [-0.25, -0.2) is 9.97 Å². The maximum Gasteiger partial charge on any atom is 0.202 e. The van der Waals surface area contributed by atoms with E-state index in [0.29, 0.717) is 11.0 Å². The summed E-state index contributed by atoms with van der Waals surface area (Å²) in [5.41, 5.74) is 0.737. The lowest BCUT2D eigenvalue weighted by atomic mass is 10.3. The molecule has 0 saturated heterocycles. The molecule has 0 bridgehead atoms. The molecule has 0 aliphatic carbocycles. The minimum atomic E-state index is 0.560. The molecule has 69 valence electrons. The second-order valence-electron chi connectivity index (χ2n) is 2.46. The van der Waals surface area contributed by atoms with Crippen molar-refractivity contribution in [2.24, 2.45) is 0 Å². The minimum Gasteiger partial charge on any atom is -0.253 e. The van der Waals surface area contributed by atoms with Gasteiger partial charge in [0.25, 0.3) is 0 Å². The Balaban J connectivity index is 2.42. The minimum absolute atomic E-state index is 0.560. The van der Waals surface area contributed by atoms with E-state index in [2.05, 4.69) is 26.3 Å². The van der Waals surface area contributed by atoms with Gasteiger partial charge in [-0.15, -0.1) is 0 Å². The predicted molar refractivity (Wildman–Crippen MR) is 53.7 cm³/mol. The van der Waals surface area contributed by atoms with Crippen molar-refractivity contribution >= 4 is 11.8 Å². The van der Waals surface area contributed by atoms with Gasteiger partial charge < -0.3 is 0 Å². The van der Waals surface area contributed by atoms with Crippen molar-refractivity contribution in [1.29, 1.82) is 0 Å². The Kier molecular flexibility index (Phi) is 2.69. The van der Waals surface area contributed by atoms with Gasteiger partial charge in [-0.1, -0.05) is 17.8 Å². The van der Waals surface area contributed by atoms with Crippen LogP contribution < -0.4 is 0 Å². The highest BCUT2D eigenvalue weighted by Gasteiger charge is 2.03. The third kappa shape index (κ3) is 1.88. The molecule has 14 heavy (non-hydrogen) atoms. The lowest BCUT2D eigenvalue weighted by Gasteiger charge is -1.98. The molecular weight excluding hydrogens is 196 g/mol. The highest BCUT2D eigenvalue weighted by molar-refractivity contribution is 7.98. The van der Waals surface area contributed by atoms with Crippen molar-refractivity contribution in [3.05, 3.63) is 30.7 Å². The van der Waals surface area contributed by atoms with Crippen molar-refractivity contribution in [3.63, 3.8) is 0 Å². The average molecular weight is 203 g/mol. The van der Waals surface area contributed by atoms with E-state index in [1.54, 1.807) is 6.20 Å². The van der Waals surface area contributed by atoms with Crippen LogP contribution in [0, 0.1) is 6.33 Å². The van der Waals surface area contributed by atoms with Crippen LogP contribution in [0.4, 0.5) is 0 Å². The van der Waals surface area contributed by atoms with E-state index < -0.39 is 0 Å². The van der Waals surface area contributed by atoms with Crippen LogP contribution in [0.1, 0.15) is 0 Å². The highest BCUT2D eigenvalue weighted by Crippen LogP contribution is 2.13.